The zero-order chi connectivity index (χ0) is 16.3. The minimum absolute atomic E-state index is 0.0529. The quantitative estimate of drug-likeness (QED) is 0.696. The number of amides is 1. The SMILES string of the molecule is COCCCNc1ccc(NC(=O)COc2ccccc2)nc1. The normalized spacial score (nSPS) is 10.1. The van der Waals surface area contributed by atoms with Gasteiger partial charge in [0.2, 0.25) is 0 Å². The molecule has 0 fully saturated rings. The first kappa shape index (κ1) is 16.8. The van der Waals surface area contributed by atoms with Crippen LogP contribution in [-0.4, -0.2) is 37.8 Å². The number of aromatic nitrogens is 1. The van der Waals surface area contributed by atoms with Crippen LogP contribution in [0.2, 0.25) is 0 Å². The van der Waals surface area contributed by atoms with E-state index < -0.39 is 0 Å². The summed E-state index contributed by atoms with van der Waals surface area (Å²) in [6.45, 7) is 1.48. The van der Waals surface area contributed by atoms with Crippen LogP contribution >= 0.6 is 0 Å². The lowest BCUT2D eigenvalue weighted by molar-refractivity contribution is -0.118. The van der Waals surface area contributed by atoms with Gasteiger partial charge in [-0.15, -0.1) is 0 Å². The van der Waals surface area contributed by atoms with Crippen molar-refractivity contribution in [2.75, 3.05) is 37.5 Å². The van der Waals surface area contributed by atoms with E-state index in [1.54, 1.807) is 31.5 Å². The fourth-order valence-electron chi connectivity index (χ4n) is 1.87. The first-order valence-corrected chi connectivity index (χ1v) is 7.44. The highest BCUT2D eigenvalue weighted by atomic mass is 16.5. The third kappa shape index (κ3) is 6.36. The standard InChI is InChI=1S/C17H21N3O3/c1-22-11-5-10-18-14-8-9-16(19-12-14)20-17(21)13-23-15-6-3-2-4-7-15/h2-4,6-9,12,18H,5,10-11,13H2,1H3,(H,19,20,21). The summed E-state index contributed by atoms with van der Waals surface area (Å²) in [6, 6.07) is 12.8. The van der Waals surface area contributed by atoms with Gasteiger partial charge in [-0.25, -0.2) is 4.98 Å². The number of pyridine rings is 1. The Hall–Kier alpha value is -2.60. The van der Waals surface area contributed by atoms with Crippen LogP contribution < -0.4 is 15.4 Å². The molecule has 0 saturated carbocycles. The van der Waals surface area contributed by atoms with Gasteiger partial charge in [0.15, 0.2) is 6.61 Å². The van der Waals surface area contributed by atoms with E-state index in [-0.39, 0.29) is 12.5 Å². The summed E-state index contributed by atoms with van der Waals surface area (Å²) >= 11 is 0. The van der Waals surface area contributed by atoms with Crippen LogP contribution in [0.5, 0.6) is 5.75 Å². The smallest absolute Gasteiger partial charge is 0.263 e. The number of nitrogens with one attached hydrogen (secondary N) is 2. The fourth-order valence-corrected chi connectivity index (χ4v) is 1.87. The molecule has 2 rings (SSSR count). The number of para-hydroxylation sites is 1. The Labute approximate surface area is 135 Å². The molecule has 122 valence electrons. The van der Waals surface area contributed by atoms with Crippen LogP contribution in [0.3, 0.4) is 0 Å². The van der Waals surface area contributed by atoms with E-state index in [0.717, 1.165) is 25.3 Å². The number of ether oxygens (including phenoxy) is 2. The van der Waals surface area contributed by atoms with Crippen molar-refractivity contribution < 1.29 is 14.3 Å². The molecular formula is C17H21N3O3. The van der Waals surface area contributed by atoms with E-state index in [4.69, 9.17) is 9.47 Å². The monoisotopic (exact) mass is 315 g/mol. The topological polar surface area (TPSA) is 72.5 Å². The van der Waals surface area contributed by atoms with Crippen LogP contribution in [0.25, 0.3) is 0 Å². The Morgan fingerprint density at radius 1 is 1.17 bits per heavy atom. The zero-order valence-electron chi connectivity index (χ0n) is 13.1. The van der Waals surface area contributed by atoms with Gasteiger partial charge in [-0.2, -0.15) is 0 Å². The number of carbonyl (C=O) groups is 1. The van der Waals surface area contributed by atoms with Gasteiger partial charge in [0.05, 0.1) is 11.9 Å². The van der Waals surface area contributed by atoms with Crippen molar-refractivity contribution in [3.63, 3.8) is 0 Å². The van der Waals surface area contributed by atoms with E-state index in [1.165, 1.54) is 0 Å². The second-order valence-electron chi connectivity index (χ2n) is 4.86. The molecule has 1 aromatic carbocycles. The molecule has 2 aromatic rings. The molecule has 0 radical (unpaired) electrons. The molecule has 23 heavy (non-hydrogen) atoms. The molecular weight excluding hydrogens is 294 g/mol. The Morgan fingerprint density at radius 3 is 2.70 bits per heavy atom. The average molecular weight is 315 g/mol. The Bertz CT molecular complexity index is 588. The highest BCUT2D eigenvalue weighted by molar-refractivity contribution is 5.91. The summed E-state index contributed by atoms with van der Waals surface area (Å²) in [4.78, 5) is 16.0. The summed E-state index contributed by atoms with van der Waals surface area (Å²) in [5.41, 5.74) is 0.902. The minimum Gasteiger partial charge on any atom is -0.484 e. The van der Waals surface area contributed by atoms with Gasteiger partial charge < -0.3 is 20.1 Å². The summed E-state index contributed by atoms with van der Waals surface area (Å²) in [5.74, 6) is 0.905. The average Bonchev–Trinajstić information content (AvgIpc) is 2.59. The molecule has 1 aromatic heterocycles. The van der Waals surface area contributed by atoms with Gasteiger partial charge in [-0.05, 0) is 30.7 Å². The predicted octanol–water partition coefficient (Wildman–Crippen LogP) is 2.55. The molecule has 0 unspecified atom stereocenters. The molecule has 1 heterocycles. The second kappa shape index (κ2) is 9.42. The number of rotatable bonds is 9. The van der Waals surface area contributed by atoms with Gasteiger partial charge in [0.1, 0.15) is 11.6 Å². The number of anilines is 2. The van der Waals surface area contributed by atoms with E-state index in [9.17, 15) is 4.79 Å². The predicted molar refractivity (Wildman–Crippen MR) is 89.8 cm³/mol. The summed E-state index contributed by atoms with van der Waals surface area (Å²) < 4.78 is 10.4. The molecule has 6 nitrogen and oxygen atoms in total. The maximum atomic E-state index is 11.8. The molecule has 0 saturated heterocycles. The van der Waals surface area contributed by atoms with E-state index >= 15 is 0 Å². The van der Waals surface area contributed by atoms with Crippen LogP contribution in [0.4, 0.5) is 11.5 Å². The van der Waals surface area contributed by atoms with Crippen molar-refractivity contribution in [2.24, 2.45) is 0 Å². The van der Waals surface area contributed by atoms with E-state index in [0.29, 0.717) is 11.6 Å². The molecule has 0 atom stereocenters. The highest BCUT2D eigenvalue weighted by Gasteiger charge is 2.04. The zero-order valence-corrected chi connectivity index (χ0v) is 13.1. The third-order valence-corrected chi connectivity index (χ3v) is 3.00. The molecule has 0 aliphatic rings. The van der Waals surface area contributed by atoms with Crippen LogP contribution in [0.15, 0.2) is 48.7 Å². The number of hydrogen-bond acceptors (Lipinski definition) is 5. The maximum Gasteiger partial charge on any atom is 0.263 e. The van der Waals surface area contributed by atoms with Gasteiger partial charge in [-0.1, -0.05) is 18.2 Å². The van der Waals surface area contributed by atoms with Crippen molar-refractivity contribution in [3.8, 4) is 5.75 Å². The molecule has 2 N–H and O–H groups in total. The largest absolute Gasteiger partial charge is 0.484 e. The first-order valence-electron chi connectivity index (χ1n) is 7.44. The molecule has 0 aliphatic carbocycles. The Morgan fingerprint density at radius 2 is 2.00 bits per heavy atom. The van der Waals surface area contributed by atoms with Crippen molar-refractivity contribution in [2.45, 2.75) is 6.42 Å². The number of nitrogens with zero attached hydrogens (tertiary/aromatic N) is 1. The molecule has 1 amide bonds. The van der Waals surface area contributed by atoms with Gasteiger partial charge in [-0.3, -0.25) is 4.79 Å². The Balaban J connectivity index is 1.73. The number of benzene rings is 1. The van der Waals surface area contributed by atoms with Crippen LogP contribution in [0, 0.1) is 0 Å². The minimum atomic E-state index is -0.248. The number of carbonyl (C=O) groups excluding carboxylic acids is 1. The highest BCUT2D eigenvalue weighted by Crippen LogP contribution is 2.11. The number of hydrogen-bond donors (Lipinski definition) is 2. The molecule has 0 bridgehead atoms. The van der Waals surface area contributed by atoms with Gasteiger partial charge in [0, 0.05) is 20.3 Å². The van der Waals surface area contributed by atoms with Crippen molar-refractivity contribution in [1.82, 2.24) is 4.98 Å². The van der Waals surface area contributed by atoms with Crippen LogP contribution in [0.1, 0.15) is 6.42 Å². The summed E-state index contributed by atoms with van der Waals surface area (Å²) in [6.07, 6.45) is 2.60. The van der Waals surface area contributed by atoms with E-state index in [2.05, 4.69) is 15.6 Å². The molecule has 0 aliphatic heterocycles. The summed E-state index contributed by atoms with van der Waals surface area (Å²) in [7, 11) is 1.68. The lowest BCUT2D eigenvalue weighted by Gasteiger charge is -2.08. The first-order chi connectivity index (χ1) is 11.3. The second-order valence-corrected chi connectivity index (χ2v) is 4.86. The Kier molecular flexibility index (Phi) is 6.87. The van der Waals surface area contributed by atoms with Crippen molar-refractivity contribution in [1.29, 1.82) is 0 Å². The van der Waals surface area contributed by atoms with Gasteiger partial charge >= 0.3 is 0 Å². The lowest BCUT2D eigenvalue weighted by Crippen LogP contribution is -2.20. The maximum absolute atomic E-state index is 11.8. The fraction of sp³-hybridized carbons (Fsp3) is 0.294. The molecule has 0 spiro atoms. The lowest BCUT2D eigenvalue weighted by atomic mass is 10.3. The van der Waals surface area contributed by atoms with Crippen molar-refractivity contribution >= 4 is 17.4 Å². The van der Waals surface area contributed by atoms with Gasteiger partial charge in [0.25, 0.3) is 5.91 Å². The van der Waals surface area contributed by atoms with E-state index in [1.807, 2.05) is 24.3 Å². The van der Waals surface area contributed by atoms with Crippen molar-refractivity contribution in [3.05, 3.63) is 48.7 Å². The van der Waals surface area contributed by atoms with Crippen LogP contribution in [-0.2, 0) is 9.53 Å². The summed E-state index contributed by atoms with van der Waals surface area (Å²) in [5, 5.41) is 5.92. The number of methoxy groups -OCH3 is 1. The third-order valence-electron chi connectivity index (χ3n) is 3.00. The molecule has 6 heteroatoms.